The summed E-state index contributed by atoms with van der Waals surface area (Å²) in [5.41, 5.74) is -0.550. The molecule has 4 N–H and O–H groups in total. The van der Waals surface area contributed by atoms with Crippen LogP contribution in [0.25, 0.3) is 0 Å². The zero-order chi connectivity index (χ0) is 23.7. The molecule has 0 aliphatic heterocycles. The molecule has 0 spiro atoms. The van der Waals surface area contributed by atoms with Crippen LogP contribution in [0.1, 0.15) is 43.2 Å². The molecule has 32 heavy (non-hydrogen) atoms. The molecule has 0 aromatic heterocycles. The van der Waals surface area contributed by atoms with Gasteiger partial charge in [-0.05, 0) is 49.3 Å². The van der Waals surface area contributed by atoms with Crippen molar-refractivity contribution < 1.29 is 42.8 Å². The summed E-state index contributed by atoms with van der Waals surface area (Å²) < 4.78 is 43.4. The molecule has 1 aromatic carbocycles. The Morgan fingerprint density at radius 3 is 2.56 bits per heavy atom. The van der Waals surface area contributed by atoms with E-state index in [-0.39, 0.29) is 37.5 Å². The number of carboxylic acid groups (broad SMARTS) is 1. The number of alkyl halides is 3. The lowest BCUT2D eigenvalue weighted by Crippen LogP contribution is -2.31. The van der Waals surface area contributed by atoms with E-state index in [1.165, 1.54) is 12.1 Å². The van der Waals surface area contributed by atoms with Gasteiger partial charge in [0.05, 0.1) is 24.4 Å². The summed E-state index contributed by atoms with van der Waals surface area (Å²) in [5, 5.41) is 31.4. The van der Waals surface area contributed by atoms with Gasteiger partial charge in [0.15, 0.2) is 0 Å². The van der Waals surface area contributed by atoms with Gasteiger partial charge in [0, 0.05) is 18.9 Å². The molecule has 1 amide bonds. The summed E-state index contributed by atoms with van der Waals surface area (Å²) in [5.74, 6) is -1.69. The summed E-state index contributed by atoms with van der Waals surface area (Å²) >= 11 is 0. The van der Waals surface area contributed by atoms with Crippen LogP contribution in [0.4, 0.5) is 18.0 Å². The van der Waals surface area contributed by atoms with E-state index in [2.05, 4.69) is 5.32 Å². The van der Waals surface area contributed by atoms with Gasteiger partial charge in [0.1, 0.15) is 0 Å². The SMILES string of the molecule is O=C(O)CCCC=CC[C@@H]1[C@@H](COC(=O)NCc2cccc(C(F)(F)F)c2)[C@H](O)C[C@@H]1O. The summed E-state index contributed by atoms with van der Waals surface area (Å²) in [7, 11) is 0. The Labute approximate surface area is 183 Å². The largest absolute Gasteiger partial charge is 0.481 e. The molecule has 7 nitrogen and oxygen atoms in total. The molecule has 10 heteroatoms. The number of aliphatic hydroxyl groups excluding tert-OH is 2. The maximum Gasteiger partial charge on any atom is 0.416 e. The lowest BCUT2D eigenvalue weighted by Gasteiger charge is -2.22. The minimum Gasteiger partial charge on any atom is -0.481 e. The monoisotopic (exact) mass is 459 g/mol. The van der Waals surface area contributed by atoms with Gasteiger partial charge in [0.25, 0.3) is 0 Å². The number of halogens is 3. The number of carbonyl (C=O) groups is 2. The van der Waals surface area contributed by atoms with Crippen LogP contribution >= 0.6 is 0 Å². The van der Waals surface area contributed by atoms with E-state index in [0.717, 1.165) is 12.1 Å². The van der Waals surface area contributed by atoms with Crippen molar-refractivity contribution in [1.29, 1.82) is 0 Å². The first-order chi connectivity index (χ1) is 15.1. The highest BCUT2D eigenvalue weighted by Crippen LogP contribution is 2.35. The Morgan fingerprint density at radius 1 is 1.16 bits per heavy atom. The van der Waals surface area contributed by atoms with Crippen LogP contribution in [-0.4, -0.2) is 46.2 Å². The summed E-state index contributed by atoms with van der Waals surface area (Å²) in [6, 6.07) is 4.58. The van der Waals surface area contributed by atoms with Crippen molar-refractivity contribution >= 4 is 12.1 Å². The van der Waals surface area contributed by atoms with Crippen molar-refractivity contribution in [3.63, 3.8) is 0 Å². The van der Waals surface area contributed by atoms with Crippen LogP contribution in [0, 0.1) is 11.8 Å². The van der Waals surface area contributed by atoms with Gasteiger partial charge in [-0.25, -0.2) is 4.79 Å². The molecule has 1 aliphatic carbocycles. The molecule has 0 heterocycles. The third-order valence-electron chi connectivity index (χ3n) is 5.46. The van der Waals surface area contributed by atoms with Gasteiger partial charge in [-0.1, -0.05) is 24.3 Å². The van der Waals surface area contributed by atoms with Crippen LogP contribution in [-0.2, 0) is 22.3 Å². The highest BCUT2D eigenvalue weighted by Gasteiger charge is 2.41. The average molecular weight is 459 g/mol. The Kier molecular flexibility index (Phi) is 9.52. The summed E-state index contributed by atoms with van der Waals surface area (Å²) in [6.07, 6.45) is -1.56. The number of aliphatic carboxylic acids is 1. The maximum absolute atomic E-state index is 12.8. The number of amides is 1. The number of carboxylic acids is 1. The normalized spacial score (nSPS) is 23.4. The molecule has 1 saturated carbocycles. The first-order valence-corrected chi connectivity index (χ1v) is 10.4. The second kappa shape index (κ2) is 11.9. The fraction of sp³-hybridized carbons (Fsp3) is 0.545. The van der Waals surface area contributed by atoms with Gasteiger partial charge in [0.2, 0.25) is 0 Å². The lowest BCUT2D eigenvalue weighted by atomic mass is 9.91. The van der Waals surface area contributed by atoms with Crippen molar-refractivity contribution in [3.8, 4) is 0 Å². The number of unbranched alkanes of at least 4 members (excludes halogenated alkanes) is 1. The van der Waals surface area contributed by atoms with Crippen LogP contribution in [0.2, 0.25) is 0 Å². The van der Waals surface area contributed by atoms with Crippen molar-refractivity contribution in [2.45, 2.75) is 57.0 Å². The third-order valence-corrected chi connectivity index (χ3v) is 5.46. The second-order valence-electron chi connectivity index (χ2n) is 7.84. The predicted octanol–water partition coefficient (Wildman–Crippen LogP) is 3.49. The summed E-state index contributed by atoms with van der Waals surface area (Å²) in [4.78, 5) is 22.5. The highest BCUT2D eigenvalue weighted by molar-refractivity contribution is 5.67. The van der Waals surface area contributed by atoms with E-state index in [1.54, 1.807) is 0 Å². The average Bonchev–Trinajstić information content (AvgIpc) is 2.99. The zero-order valence-electron chi connectivity index (χ0n) is 17.4. The topological polar surface area (TPSA) is 116 Å². The number of allylic oxidation sites excluding steroid dienone is 2. The fourth-order valence-corrected chi connectivity index (χ4v) is 3.73. The number of hydrogen-bond acceptors (Lipinski definition) is 5. The zero-order valence-corrected chi connectivity index (χ0v) is 17.4. The number of benzene rings is 1. The Balaban J connectivity index is 1.80. The van der Waals surface area contributed by atoms with Crippen LogP contribution in [0.3, 0.4) is 0 Å². The minimum absolute atomic E-state index is 0.0706. The standard InChI is InChI=1S/C22H28F3NO6/c23-22(24,25)15-7-5-6-14(10-15)12-26-21(31)32-13-17-16(18(27)11-19(17)28)8-3-1-2-4-9-20(29)30/h1,3,5-7,10,16-19,27-28H,2,4,8-9,11-13H2,(H,26,31)(H,29,30)/t16-,17-,18+,19-/m1/s1. The van der Waals surface area contributed by atoms with Gasteiger partial charge in [-0.2, -0.15) is 13.2 Å². The van der Waals surface area contributed by atoms with Crippen LogP contribution in [0.5, 0.6) is 0 Å². The van der Waals surface area contributed by atoms with E-state index in [1.807, 2.05) is 12.2 Å². The molecular weight excluding hydrogens is 431 g/mol. The molecule has 178 valence electrons. The summed E-state index contributed by atoms with van der Waals surface area (Å²) in [6.45, 7) is -0.300. The molecule has 1 aromatic rings. The smallest absolute Gasteiger partial charge is 0.416 e. The molecule has 4 atom stereocenters. The Morgan fingerprint density at radius 2 is 1.88 bits per heavy atom. The van der Waals surface area contributed by atoms with Crippen molar-refractivity contribution in [2.24, 2.45) is 11.8 Å². The Bertz CT molecular complexity index is 798. The van der Waals surface area contributed by atoms with Gasteiger partial charge in [-0.3, -0.25) is 4.79 Å². The van der Waals surface area contributed by atoms with E-state index < -0.39 is 41.9 Å². The van der Waals surface area contributed by atoms with Crippen LogP contribution in [0.15, 0.2) is 36.4 Å². The number of hydrogen-bond donors (Lipinski definition) is 4. The number of aliphatic hydroxyl groups is 2. The van der Waals surface area contributed by atoms with E-state index in [0.29, 0.717) is 19.3 Å². The quantitative estimate of drug-likeness (QED) is 0.314. The highest BCUT2D eigenvalue weighted by atomic mass is 19.4. The number of alkyl carbamates (subject to hydrolysis) is 1. The maximum atomic E-state index is 12.8. The minimum atomic E-state index is -4.48. The molecule has 0 saturated heterocycles. The first kappa shape index (κ1) is 25.7. The van der Waals surface area contributed by atoms with Gasteiger partial charge >= 0.3 is 18.2 Å². The first-order valence-electron chi connectivity index (χ1n) is 10.4. The number of ether oxygens (including phenoxy) is 1. The molecule has 0 radical (unpaired) electrons. The molecule has 0 bridgehead atoms. The van der Waals surface area contributed by atoms with Crippen LogP contribution < -0.4 is 5.32 Å². The van der Waals surface area contributed by atoms with E-state index in [9.17, 15) is 33.0 Å². The van der Waals surface area contributed by atoms with Gasteiger partial charge < -0.3 is 25.4 Å². The van der Waals surface area contributed by atoms with Gasteiger partial charge in [-0.15, -0.1) is 0 Å². The van der Waals surface area contributed by atoms with E-state index in [4.69, 9.17) is 9.84 Å². The lowest BCUT2D eigenvalue weighted by molar-refractivity contribution is -0.138. The molecule has 2 rings (SSSR count). The molecule has 1 fully saturated rings. The number of rotatable bonds is 10. The number of nitrogens with one attached hydrogen (secondary N) is 1. The molecule has 0 unspecified atom stereocenters. The van der Waals surface area contributed by atoms with Crippen molar-refractivity contribution in [2.75, 3.05) is 6.61 Å². The Hall–Kier alpha value is -2.59. The van der Waals surface area contributed by atoms with Crippen molar-refractivity contribution in [3.05, 3.63) is 47.5 Å². The van der Waals surface area contributed by atoms with Crippen molar-refractivity contribution in [1.82, 2.24) is 5.32 Å². The number of carbonyl (C=O) groups excluding carboxylic acids is 1. The predicted molar refractivity (Wildman–Crippen MR) is 108 cm³/mol. The second-order valence-corrected chi connectivity index (χ2v) is 7.84. The third kappa shape index (κ3) is 8.16. The fourth-order valence-electron chi connectivity index (χ4n) is 3.73. The van der Waals surface area contributed by atoms with E-state index >= 15 is 0 Å². The molecule has 1 aliphatic rings. The molecular formula is C22H28F3NO6.